The predicted octanol–water partition coefficient (Wildman–Crippen LogP) is 4.94. The van der Waals surface area contributed by atoms with E-state index in [9.17, 15) is 9.59 Å². The SMILES string of the molecule is CCOC(=O)Nc1ccc(C(=O)Nc2ccc(-c3csc(C)n3)cc2)cc1. The standard InChI is InChI=1S/C20H19N3O3S/c1-3-26-20(25)23-17-10-6-15(7-11-17)19(24)22-16-8-4-14(5-9-16)18-12-27-13(2)21-18/h4-12H,3H2,1-2H3,(H,22,24)(H,23,25). The fourth-order valence-corrected chi connectivity index (χ4v) is 3.04. The van der Waals surface area contributed by atoms with Crippen LogP contribution in [-0.2, 0) is 4.74 Å². The van der Waals surface area contributed by atoms with Gasteiger partial charge in [0.25, 0.3) is 5.91 Å². The Balaban J connectivity index is 1.62. The first-order valence-electron chi connectivity index (χ1n) is 8.43. The number of nitrogens with zero attached hydrogens (tertiary/aromatic N) is 1. The summed E-state index contributed by atoms with van der Waals surface area (Å²) in [6.45, 7) is 4.00. The first-order chi connectivity index (χ1) is 13.0. The maximum atomic E-state index is 12.4. The number of rotatable bonds is 5. The number of ether oxygens (including phenoxy) is 1. The van der Waals surface area contributed by atoms with Crippen molar-refractivity contribution in [2.45, 2.75) is 13.8 Å². The fraction of sp³-hybridized carbons (Fsp3) is 0.150. The lowest BCUT2D eigenvalue weighted by Gasteiger charge is -2.08. The molecule has 0 aliphatic rings. The number of anilines is 2. The summed E-state index contributed by atoms with van der Waals surface area (Å²) in [5.74, 6) is -0.227. The molecule has 0 saturated heterocycles. The van der Waals surface area contributed by atoms with E-state index in [4.69, 9.17) is 4.74 Å². The van der Waals surface area contributed by atoms with Gasteiger partial charge in [0.1, 0.15) is 0 Å². The van der Waals surface area contributed by atoms with Gasteiger partial charge >= 0.3 is 6.09 Å². The second kappa shape index (κ2) is 8.46. The van der Waals surface area contributed by atoms with E-state index in [1.165, 1.54) is 0 Å². The van der Waals surface area contributed by atoms with E-state index in [1.807, 2.05) is 36.6 Å². The maximum absolute atomic E-state index is 12.4. The molecule has 0 fully saturated rings. The molecule has 0 spiro atoms. The van der Waals surface area contributed by atoms with Crippen LogP contribution in [0.5, 0.6) is 0 Å². The van der Waals surface area contributed by atoms with E-state index >= 15 is 0 Å². The van der Waals surface area contributed by atoms with Crippen molar-refractivity contribution < 1.29 is 14.3 Å². The maximum Gasteiger partial charge on any atom is 0.411 e. The molecule has 2 N–H and O–H groups in total. The van der Waals surface area contributed by atoms with Gasteiger partial charge in [-0.25, -0.2) is 9.78 Å². The van der Waals surface area contributed by atoms with Gasteiger partial charge in [0.05, 0.1) is 17.3 Å². The van der Waals surface area contributed by atoms with E-state index in [2.05, 4.69) is 15.6 Å². The molecule has 0 radical (unpaired) electrons. The summed E-state index contributed by atoms with van der Waals surface area (Å²) in [5, 5.41) is 8.46. The highest BCUT2D eigenvalue weighted by atomic mass is 32.1. The van der Waals surface area contributed by atoms with Crippen molar-refractivity contribution in [3.05, 3.63) is 64.5 Å². The quantitative estimate of drug-likeness (QED) is 0.656. The van der Waals surface area contributed by atoms with Gasteiger partial charge in [-0.2, -0.15) is 0 Å². The molecular weight excluding hydrogens is 362 g/mol. The summed E-state index contributed by atoms with van der Waals surface area (Å²) in [6.07, 6.45) is -0.523. The van der Waals surface area contributed by atoms with Gasteiger partial charge in [-0.3, -0.25) is 10.1 Å². The number of amides is 2. The zero-order chi connectivity index (χ0) is 19.2. The molecule has 2 amide bonds. The van der Waals surface area contributed by atoms with Gasteiger partial charge < -0.3 is 10.1 Å². The van der Waals surface area contributed by atoms with Crippen molar-refractivity contribution in [2.75, 3.05) is 17.2 Å². The van der Waals surface area contributed by atoms with Crippen LogP contribution in [0.4, 0.5) is 16.2 Å². The summed E-state index contributed by atoms with van der Waals surface area (Å²) in [7, 11) is 0. The molecule has 138 valence electrons. The molecule has 0 aliphatic heterocycles. The minimum Gasteiger partial charge on any atom is -0.450 e. The van der Waals surface area contributed by atoms with Gasteiger partial charge in [-0.05, 0) is 50.2 Å². The first-order valence-corrected chi connectivity index (χ1v) is 9.31. The van der Waals surface area contributed by atoms with Crippen LogP contribution in [0.2, 0.25) is 0 Å². The lowest BCUT2D eigenvalue weighted by atomic mass is 10.1. The van der Waals surface area contributed by atoms with Gasteiger partial charge in [0.15, 0.2) is 0 Å². The molecule has 0 saturated carbocycles. The van der Waals surface area contributed by atoms with Crippen LogP contribution in [0.1, 0.15) is 22.3 Å². The molecule has 6 nitrogen and oxygen atoms in total. The van der Waals surface area contributed by atoms with Crippen molar-refractivity contribution in [3.63, 3.8) is 0 Å². The molecule has 0 aliphatic carbocycles. The van der Waals surface area contributed by atoms with E-state index in [1.54, 1.807) is 42.5 Å². The van der Waals surface area contributed by atoms with Gasteiger partial charge in [0.2, 0.25) is 0 Å². The van der Waals surface area contributed by atoms with E-state index in [0.717, 1.165) is 16.3 Å². The second-order valence-electron chi connectivity index (χ2n) is 5.71. The third-order valence-corrected chi connectivity index (χ3v) is 4.50. The highest BCUT2D eigenvalue weighted by Gasteiger charge is 2.08. The Bertz CT molecular complexity index is 934. The molecular formula is C20H19N3O3S. The molecule has 1 heterocycles. The van der Waals surface area contributed by atoms with Crippen molar-refractivity contribution in [2.24, 2.45) is 0 Å². The number of aryl methyl sites for hydroxylation is 1. The Morgan fingerprint density at radius 3 is 2.22 bits per heavy atom. The average Bonchev–Trinajstić information content (AvgIpc) is 3.09. The number of hydrogen-bond donors (Lipinski definition) is 2. The molecule has 7 heteroatoms. The zero-order valence-electron chi connectivity index (χ0n) is 15.0. The molecule has 0 atom stereocenters. The lowest BCUT2D eigenvalue weighted by molar-refractivity contribution is 0.102. The Morgan fingerprint density at radius 1 is 1.00 bits per heavy atom. The van der Waals surface area contributed by atoms with E-state index < -0.39 is 6.09 Å². The number of aromatic nitrogens is 1. The number of thiazole rings is 1. The topological polar surface area (TPSA) is 80.3 Å². The number of nitrogens with one attached hydrogen (secondary N) is 2. The van der Waals surface area contributed by atoms with Crippen LogP contribution in [0, 0.1) is 6.92 Å². The molecule has 1 aromatic heterocycles. The summed E-state index contributed by atoms with van der Waals surface area (Å²) in [4.78, 5) is 28.2. The Hall–Kier alpha value is -3.19. The number of hydrogen-bond acceptors (Lipinski definition) is 5. The molecule has 27 heavy (non-hydrogen) atoms. The zero-order valence-corrected chi connectivity index (χ0v) is 15.8. The summed E-state index contributed by atoms with van der Waals surface area (Å²) >= 11 is 1.60. The number of carbonyl (C=O) groups is 2. The van der Waals surface area contributed by atoms with Crippen molar-refractivity contribution >= 4 is 34.7 Å². The summed E-state index contributed by atoms with van der Waals surface area (Å²) < 4.78 is 4.81. The molecule has 0 unspecified atom stereocenters. The summed E-state index contributed by atoms with van der Waals surface area (Å²) in [5.41, 5.74) is 3.69. The average molecular weight is 381 g/mol. The summed E-state index contributed by atoms with van der Waals surface area (Å²) in [6, 6.07) is 14.1. The van der Waals surface area contributed by atoms with Gasteiger partial charge in [0, 0.05) is 27.9 Å². The molecule has 3 rings (SSSR count). The van der Waals surface area contributed by atoms with Gasteiger partial charge in [-0.1, -0.05) is 12.1 Å². The fourth-order valence-electron chi connectivity index (χ4n) is 2.41. The minimum atomic E-state index is -0.523. The van der Waals surface area contributed by atoms with Crippen LogP contribution < -0.4 is 10.6 Å². The highest BCUT2D eigenvalue weighted by molar-refractivity contribution is 7.09. The molecule has 3 aromatic rings. The third-order valence-electron chi connectivity index (χ3n) is 3.73. The monoisotopic (exact) mass is 381 g/mol. The first kappa shape index (κ1) is 18.6. The largest absolute Gasteiger partial charge is 0.450 e. The molecule has 2 aromatic carbocycles. The second-order valence-corrected chi connectivity index (χ2v) is 6.77. The van der Waals surface area contributed by atoms with Crippen LogP contribution in [0.3, 0.4) is 0 Å². The van der Waals surface area contributed by atoms with Crippen LogP contribution in [0.25, 0.3) is 11.3 Å². The molecule has 0 bridgehead atoms. The van der Waals surface area contributed by atoms with Crippen molar-refractivity contribution in [1.82, 2.24) is 4.98 Å². The number of carbonyl (C=O) groups excluding carboxylic acids is 2. The third kappa shape index (κ3) is 4.92. The highest BCUT2D eigenvalue weighted by Crippen LogP contribution is 2.23. The smallest absolute Gasteiger partial charge is 0.411 e. The van der Waals surface area contributed by atoms with Crippen LogP contribution >= 0.6 is 11.3 Å². The number of benzene rings is 2. The Kier molecular flexibility index (Phi) is 5.83. The lowest BCUT2D eigenvalue weighted by Crippen LogP contribution is -2.14. The van der Waals surface area contributed by atoms with Crippen LogP contribution in [-0.4, -0.2) is 23.6 Å². The van der Waals surface area contributed by atoms with Crippen molar-refractivity contribution in [3.8, 4) is 11.3 Å². The minimum absolute atomic E-state index is 0.227. The van der Waals surface area contributed by atoms with E-state index in [-0.39, 0.29) is 5.91 Å². The van der Waals surface area contributed by atoms with Gasteiger partial charge in [-0.15, -0.1) is 11.3 Å². The Labute approximate surface area is 161 Å². The normalized spacial score (nSPS) is 10.3. The van der Waals surface area contributed by atoms with Crippen molar-refractivity contribution in [1.29, 1.82) is 0 Å². The van der Waals surface area contributed by atoms with E-state index in [0.29, 0.717) is 23.5 Å². The van der Waals surface area contributed by atoms with Crippen LogP contribution in [0.15, 0.2) is 53.9 Å². The predicted molar refractivity (Wildman–Crippen MR) is 107 cm³/mol. The Morgan fingerprint density at radius 2 is 1.63 bits per heavy atom.